The summed E-state index contributed by atoms with van der Waals surface area (Å²) in [5.74, 6) is -1.34. The first-order chi connectivity index (χ1) is 14.7. The second-order valence-corrected chi connectivity index (χ2v) is 7.27. The van der Waals surface area contributed by atoms with Gasteiger partial charge < -0.3 is 14.6 Å². The third-order valence-electron chi connectivity index (χ3n) is 5.08. The number of ether oxygens (including phenoxy) is 2. The number of aromatic nitrogens is 1. The summed E-state index contributed by atoms with van der Waals surface area (Å²) in [5, 5.41) is 7.12. The van der Waals surface area contributed by atoms with Crippen molar-refractivity contribution in [3.8, 4) is 5.75 Å². The number of carboxylic acids is 1. The van der Waals surface area contributed by atoms with Crippen LogP contribution >= 0.6 is 0 Å². The molecule has 1 aromatic heterocycles. The average Bonchev–Trinajstić information content (AvgIpc) is 2.75. The third-order valence-corrected chi connectivity index (χ3v) is 5.08. The van der Waals surface area contributed by atoms with E-state index >= 15 is 0 Å². The molecular weight excluding hydrogens is 413 g/mol. The fourth-order valence-corrected chi connectivity index (χ4v) is 3.55. The van der Waals surface area contributed by atoms with Crippen LogP contribution in [0.4, 0.5) is 13.2 Å². The van der Waals surface area contributed by atoms with Gasteiger partial charge in [-0.05, 0) is 42.2 Å². The summed E-state index contributed by atoms with van der Waals surface area (Å²) >= 11 is 0. The molecule has 1 N–H and O–H groups in total. The lowest BCUT2D eigenvalue weighted by Crippen LogP contribution is -2.44. The number of hydrogen-bond donors (Lipinski definition) is 1. The molecule has 6 nitrogen and oxygen atoms in total. The predicted octanol–water partition coefficient (Wildman–Crippen LogP) is 3.80. The van der Waals surface area contributed by atoms with Gasteiger partial charge in [0.05, 0.1) is 13.2 Å². The molecule has 0 bridgehead atoms. The summed E-state index contributed by atoms with van der Waals surface area (Å²) < 4.78 is 42.7. The van der Waals surface area contributed by atoms with Gasteiger partial charge >= 0.3 is 12.1 Å². The highest BCUT2D eigenvalue weighted by Crippen LogP contribution is 2.25. The number of halogens is 3. The van der Waals surface area contributed by atoms with E-state index in [0.717, 1.165) is 38.2 Å². The molecule has 0 spiro atoms. The lowest BCUT2D eigenvalue weighted by Gasteiger charge is -2.38. The standard InChI is InChI=1S/C20H26N2O2.C2HF3O2/c1-23-19-7-5-16(6-8-19)12-18-15-22(11-9-20(18)24-2)14-17-4-3-10-21-13-17;3-2(4,5)1(6)7/h3-8,10,13,18,20H,9,11-12,14-15H2,1-2H3;(H,6,7)/t18-,20+;/m0./s1. The van der Waals surface area contributed by atoms with Crippen LogP contribution < -0.4 is 4.74 Å². The van der Waals surface area contributed by atoms with E-state index in [9.17, 15) is 13.2 Å². The number of pyridine rings is 1. The van der Waals surface area contributed by atoms with Crippen LogP contribution in [-0.4, -0.2) is 60.5 Å². The Morgan fingerprint density at radius 1 is 1.19 bits per heavy atom. The van der Waals surface area contributed by atoms with Crippen LogP contribution in [0.15, 0.2) is 48.8 Å². The van der Waals surface area contributed by atoms with Crippen molar-refractivity contribution in [2.45, 2.75) is 31.7 Å². The Morgan fingerprint density at radius 3 is 2.39 bits per heavy atom. The molecule has 31 heavy (non-hydrogen) atoms. The van der Waals surface area contributed by atoms with Crippen molar-refractivity contribution < 1.29 is 32.5 Å². The molecule has 2 aromatic rings. The maximum absolute atomic E-state index is 10.6. The fraction of sp³-hybridized carbons (Fsp3) is 0.455. The summed E-state index contributed by atoms with van der Waals surface area (Å²) in [4.78, 5) is 15.6. The van der Waals surface area contributed by atoms with Crippen LogP contribution in [0.5, 0.6) is 5.75 Å². The minimum absolute atomic E-state index is 0.331. The van der Waals surface area contributed by atoms with Gasteiger partial charge in [-0.2, -0.15) is 13.2 Å². The highest BCUT2D eigenvalue weighted by atomic mass is 19.4. The van der Waals surface area contributed by atoms with Crippen LogP contribution in [0.25, 0.3) is 0 Å². The molecule has 1 aromatic carbocycles. The van der Waals surface area contributed by atoms with Gasteiger partial charge in [0.25, 0.3) is 0 Å². The lowest BCUT2D eigenvalue weighted by atomic mass is 9.88. The molecule has 0 radical (unpaired) electrons. The van der Waals surface area contributed by atoms with Gasteiger partial charge in [-0.3, -0.25) is 9.88 Å². The van der Waals surface area contributed by atoms with E-state index in [1.165, 1.54) is 11.1 Å². The minimum atomic E-state index is -5.08. The zero-order chi connectivity index (χ0) is 22.9. The second kappa shape index (κ2) is 11.7. The van der Waals surface area contributed by atoms with E-state index < -0.39 is 12.1 Å². The number of rotatable bonds is 6. The Balaban J connectivity index is 0.000000423. The second-order valence-electron chi connectivity index (χ2n) is 7.27. The Bertz CT molecular complexity index is 801. The molecule has 1 aliphatic heterocycles. The summed E-state index contributed by atoms with van der Waals surface area (Å²) in [6.45, 7) is 3.09. The number of alkyl halides is 3. The molecule has 9 heteroatoms. The number of carboxylic acid groups (broad SMARTS) is 1. The summed E-state index contributed by atoms with van der Waals surface area (Å²) in [6.07, 6.45) is 1.15. The Morgan fingerprint density at radius 2 is 1.87 bits per heavy atom. The lowest BCUT2D eigenvalue weighted by molar-refractivity contribution is -0.192. The Labute approximate surface area is 179 Å². The van der Waals surface area contributed by atoms with Gasteiger partial charge in [-0.1, -0.05) is 18.2 Å². The number of benzene rings is 1. The number of methoxy groups -OCH3 is 2. The molecule has 2 heterocycles. The third kappa shape index (κ3) is 8.18. The van der Waals surface area contributed by atoms with Crippen LogP contribution in [0.2, 0.25) is 0 Å². The van der Waals surface area contributed by atoms with Crippen LogP contribution in [-0.2, 0) is 22.5 Å². The van der Waals surface area contributed by atoms with E-state index in [1.807, 2.05) is 37.7 Å². The van der Waals surface area contributed by atoms with E-state index in [0.29, 0.717) is 12.0 Å². The normalized spacial score (nSPS) is 19.3. The van der Waals surface area contributed by atoms with Gasteiger partial charge in [-0.25, -0.2) is 4.79 Å². The topological polar surface area (TPSA) is 71.9 Å². The van der Waals surface area contributed by atoms with Crippen molar-refractivity contribution in [1.29, 1.82) is 0 Å². The first-order valence-electron chi connectivity index (χ1n) is 9.80. The molecule has 1 saturated heterocycles. The van der Waals surface area contributed by atoms with Crippen molar-refractivity contribution in [3.05, 3.63) is 59.9 Å². The van der Waals surface area contributed by atoms with Gasteiger partial charge in [0.2, 0.25) is 0 Å². The first kappa shape index (κ1) is 24.6. The van der Waals surface area contributed by atoms with Gasteiger partial charge in [0, 0.05) is 45.1 Å². The van der Waals surface area contributed by atoms with Crippen molar-refractivity contribution in [2.24, 2.45) is 5.92 Å². The number of hydrogen-bond acceptors (Lipinski definition) is 5. The molecule has 2 atom stereocenters. The number of likely N-dealkylation sites (tertiary alicyclic amines) is 1. The Hall–Kier alpha value is -2.65. The van der Waals surface area contributed by atoms with Crippen molar-refractivity contribution in [2.75, 3.05) is 27.3 Å². The summed E-state index contributed by atoms with van der Waals surface area (Å²) in [5.41, 5.74) is 2.61. The van der Waals surface area contributed by atoms with E-state index in [1.54, 1.807) is 7.11 Å². The van der Waals surface area contributed by atoms with Crippen molar-refractivity contribution in [3.63, 3.8) is 0 Å². The fourth-order valence-electron chi connectivity index (χ4n) is 3.55. The molecule has 0 unspecified atom stereocenters. The average molecular weight is 440 g/mol. The smallest absolute Gasteiger partial charge is 0.490 e. The molecule has 1 fully saturated rings. The maximum atomic E-state index is 10.6. The first-order valence-corrected chi connectivity index (χ1v) is 9.80. The van der Waals surface area contributed by atoms with Crippen molar-refractivity contribution >= 4 is 5.97 Å². The van der Waals surface area contributed by atoms with Crippen molar-refractivity contribution in [1.82, 2.24) is 9.88 Å². The summed E-state index contributed by atoms with van der Waals surface area (Å²) in [7, 11) is 3.54. The summed E-state index contributed by atoms with van der Waals surface area (Å²) in [6, 6.07) is 12.5. The predicted molar refractivity (Wildman–Crippen MR) is 109 cm³/mol. The number of aliphatic carboxylic acids is 1. The number of nitrogens with zero attached hydrogens (tertiary/aromatic N) is 2. The van der Waals surface area contributed by atoms with Gasteiger partial charge in [0.15, 0.2) is 0 Å². The van der Waals surface area contributed by atoms with E-state index in [2.05, 4.69) is 28.1 Å². The van der Waals surface area contributed by atoms with Crippen LogP contribution in [0.1, 0.15) is 17.5 Å². The maximum Gasteiger partial charge on any atom is 0.490 e. The minimum Gasteiger partial charge on any atom is -0.497 e. The molecule has 0 aliphatic carbocycles. The largest absolute Gasteiger partial charge is 0.497 e. The molecule has 1 aliphatic rings. The zero-order valence-corrected chi connectivity index (χ0v) is 17.5. The molecule has 3 rings (SSSR count). The van der Waals surface area contributed by atoms with Gasteiger partial charge in [-0.15, -0.1) is 0 Å². The zero-order valence-electron chi connectivity index (χ0n) is 17.5. The highest BCUT2D eigenvalue weighted by molar-refractivity contribution is 5.73. The molecular formula is C22H27F3N2O4. The van der Waals surface area contributed by atoms with E-state index in [4.69, 9.17) is 19.4 Å². The van der Waals surface area contributed by atoms with Gasteiger partial charge in [0.1, 0.15) is 5.75 Å². The van der Waals surface area contributed by atoms with Crippen LogP contribution in [0.3, 0.4) is 0 Å². The number of carbonyl (C=O) groups is 1. The molecule has 0 saturated carbocycles. The van der Waals surface area contributed by atoms with Crippen LogP contribution in [0, 0.1) is 5.92 Å². The Kier molecular flexibility index (Phi) is 9.26. The molecule has 170 valence electrons. The molecule has 0 amide bonds. The SMILES string of the molecule is COc1ccc(C[C@H]2CN(Cc3cccnc3)CC[C@H]2OC)cc1.O=C(O)C(F)(F)F. The monoisotopic (exact) mass is 440 g/mol. The van der Waals surface area contributed by atoms with E-state index in [-0.39, 0.29) is 0 Å². The number of piperidine rings is 1. The quantitative estimate of drug-likeness (QED) is 0.737. The highest BCUT2D eigenvalue weighted by Gasteiger charge is 2.38.